The number of halogens is 1. The summed E-state index contributed by atoms with van der Waals surface area (Å²) in [6, 6.07) is 8.28. The number of nitrogens with one attached hydrogen (secondary N) is 2. The van der Waals surface area contributed by atoms with E-state index in [1.165, 1.54) is 0 Å². The summed E-state index contributed by atoms with van der Waals surface area (Å²) in [6.07, 6.45) is 3.96. The number of H-pyrrole nitrogens is 1. The second-order valence-electron chi connectivity index (χ2n) is 4.87. The van der Waals surface area contributed by atoms with Crippen molar-refractivity contribution in [3.8, 4) is 11.3 Å². The molecule has 0 atom stereocenters. The maximum atomic E-state index is 12.1. The van der Waals surface area contributed by atoms with Gasteiger partial charge >= 0.3 is 5.69 Å². The lowest BCUT2D eigenvalue weighted by Gasteiger charge is -2.22. The second kappa shape index (κ2) is 5.35. The smallest absolute Gasteiger partial charge is 0.317 e. The molecule has 0 aliphatic carbocycles. The Kier molecular flexibility index (Phi) is 3.57. The quantitative estimate of drug-likeness (QED) is 0.893. The molecule has 0 bridgehead atoms. The van der Waals surface area contributed by atoms with E-state index in [0.29, 0.717) is 6.04 Å². The average molecular weight is 322 g/mol. The summed E-state index contributed by atoms with van der Waals surface area (Å²) in [6.45, 7) is 1.96. The minimum absolute atomic E-state index is 0.0122. The van der Waals surface area contributed by atoms with Crippen LogP contribution in [0, 0.1) is 0 Å². The van der Waals surface area contributed by atoms with Gasteiger partial charge in [-0.3, -0.25) is 4.57 Å². The molecule has 0 saturated carbocycles. The zero-order chi connectivity index (χ0) is 13.2. The molecule has 0 radical (unpaired) electrons. The molecule has 4 nitrogen and oxygen atoms in total. The zero-order valence-corrected chi connectivity index (χ0v) is 12.1. The highest BCUT2D eigenvalue weighted by molar-refractivity contribution is 9.10. The molecule has 0 amide bonds. The lowest BCUT2D eigenvalue weighted by molar-refractivity contribution is 0.361. The van der Waals surface area contributed by atoms with Gasteiger partial charge in [0.1, 0.15) is 0 Å². The number of imidazole rings is 1. The first kappa shape index (κ1) is 12.7. The summed E-state index contributed by atoms with van der Waals surface area (Å²) >= 11 is 3.45. The Hall–Kier alpha value is -1.33. The average Bonchev–Trinajstić information content (AvgIpc) is 2.82. The molecule has 1 aliphatic heterocycles. The van der Waals surface area contributed by atoms with Crippen molar-refractivity contribution in [2.24, 2.45) is 0 Å². The van der Waals surface area contributed by atoms with Gasteiger partial charge in [-0.2, -0.15) is 0 Å². The number of aromatic nitrogens is 2. The third-order valence-electron chi connectivity index (χ3n) is 3.58. The minimum Gasteiger partial charge on any atom is -0.317 e. The summed E-state index contributed by atoms with van der Waals surface area (Å²) in [5.74, 6) is 0. The highest BCUT2D eigenvalue weighted by Crippen LogP contribution is 2.23. The van der Waals surface area contributed by atoms with Gasteiger partial charge in [-0.15, -0.1) is 0 Å². The van der Waals surface area contributed by atoms with Gasteiger partial charge in [0, 0.05) is 22.3 Å². The Balaban J connectivity index is 1.94. The largest absolute Gasteiger partial charge is 0.326 e. The van der Waals surface area contributed by atoms with Crippen LogP contribution < -0.4 is 11.0 Å². The molecule has 3 rings (SSSR count). The summed E-state index contributed by atoms with van der Waals surface area (Å²) in [4.78, 5) is 15.0. The monoisotopic (exact) mass is 321 g/mol. The minimum atomic E-state index is -0.0122. The van der Waals surface area contributed by atoms with E-state index in [1.54, 1.807) is 0 Å². The number of rotatable bonds is 2. The van der Waals surface area contributed by atoms with E-state index < -0.39 is 0 Å². The molecule has 0 spiro atoms. The van der Waals surface area contributed by atoms with Crippen LogP contribution in [-0.2, 0) is 0 Å². The standard InChI is InChI=1S/C14H16BrN3O/c15-11-3-1-2-10(8-11)13-9-18(14(19)17-13)12-4-6-16-7-5-12/h1-3,8-9,12,16H,4-7H2,(H,17,19). The maximum Gasteiger partial charge on any atom is 0.326 e. The van der Waals surface area contributed by atoms with E-state index in [4.69, 9.17) is 0 Å². The van der Waals surface area contributed by atoms with Crippen molar-refractivity contribution in [2.75, 3.05) is 13.1 Å². The molecule has 19 heavy (non-hydrogen) atoms. The number of piperidine rings is 1. The van der Waals surface area contributed by atoms with Crippen molar-refractivity contribution in [1.82, 2.24) is 14.9 Å². The van der Waals surface area contributed by atoms with Crippen molar-refractivity contribution in [1.29, 1.82) is 0 Å². The van der Waals surface area contributed by atoms with Crippen LogP contribution >= 0.6 is 15.9 Å². The fourth-order valence-electron chi connectivity index (χ4n) is 2.57. The molecule has 1 aromatic heterocycles. The van der Waals surface area contributed by atoms with Crippen LogP contribution in [0.2, 0.25) is 0 Å². The second-order valence-corrected chi connectivity index (χ2v) is 5.79. The topological polar surface area (TPSA) is 49.8 Å². The van der Waals surface area contributed by atoms with Crippen LogP contribution in [0.3, 0.4) is 0 Å². The molecule has 5 heteroatoms. The van der Waals surface area contributed by atoms with Crippen molar-refractivity contribution in [3.05, 3.63) is 45.4 Å². The van der Waals surface area contributed by atoms with Crippen LogP contribution in [0.25, 0.3) is 11.3 Å². The predicted octanol–water partition coefficient (Wildman–Crippen LogP) is 2.53. The summed E-state index contributed by atoms with van der Waals surface area (Å²) in [7, 11) is 0. The normalized spacial score (nSPS) is 16.7. The maximum absolute atomic E-state index is 12.1. The molecule has 2 aromatic rings. The van der Waals surface area contributed by atoms with Gasteiger partial charge in [0.25, 0.3) is 0 Å². The van der Waals surface area contributed by atoms with Crippen molar-refractivity contribution >= 4 is 15.9 Å². The Labute approximate surface area is 120 Å². The molecule has 2 N–H and O–H groups in total. The summed E-state index contributed by atoms with van der Waals surface area (Å²) < 4.78 is 2.86. The lowest BCUT2D eigenvalue weighted by Crippen LogP contribution is -2.32. The fraction of sp³-hybridized carbons (Fsp3) is 0.357. The van der Waals surface area contributed by atoms with E-state index >= 15 is 0 Å². The van der Waals surface area contributed by atoms with Crippen LogP contribution in [0.15, 0.2) is 39.7 Å². The van der Waals surface area contributed by atoms with Crippen molar-refractivity contribution in [2.45, 2.75) is 18.9 Å². The number of benzene rings is 1. The van der Waals surface area contributed by atoms with E-state index in [1.807, 2.05) is 35.0 Å². The van der Waals surface area contributed by atoms with Gasteiger partial charge in [-0.25, -0.2) is 4.79 Å². The first-order valence-corrected chi connectivity index (χ1v) is 7.31. The molecular formula is C14H16BrN3O. The lowest BCUT2D eigenvalue weighted by atomic mass is 10.1. The first-order chi connectivity index (χ1) is 9.24. The SMILES string of the molecule is O=c1[nH]c(-c2cccc(Br)c2)cn1C1CCNCC1. The van der Waals surface area contributed by atoms with Gasteiger partial charge in [0.15, 0.2) is 0 Å². The summed E-state index contributed by atoms with van der Waals surface area (Å²) in [5.41, 5.74) is 1.89. The van der Waals surface area contributed by atoms with Gasteiger partial charge in [0.2, 0.25) is 0 Å². The van der Waals surface area contributed by atoms with E-state index in [2.05, 4.69) is 26.2 Å². The molecule has 2 heterocycles. The van der Waals surface area contributed by atoms with Gasteiger partial charge in [0.05, 0.1) is 5.69 Å². The molecule has 100 valence electrons. The fourth-order valence-corrected chi connectivity index (χ4v) is 2.97. The molecular weight excluding hydrogens is 306 g/mol. The van der Waals surface area contributed by atoms with Gasteiger partial charge in [-0.1, -0.05) is 28.1 Å². The number of hydrogen-bond acceptors (Lipinski definition) is 2. The molecule has 0 unspecified atom stereocenters. The van der Waals surface area contributed by atoms with Crippen LogP contribution in [0.4, 0.5) is 0 Å². The van der Waals surface area contributed by atoms with Gasteiger partial charge < -0.3 is 10.3 Å². The highest BCUT2D eigenvalue weighted by atomic mass is 79.9. The highest BCUT2D eigenvalue weighted by Gasteiger charge is 2.17. The number of hydrogen-bond donors (Lipinski definition) is 2. The van der Waals surface area contributed by atoms with Gasteiger partial charge in [-0.05, 0) is 38.1 Å². The Morgan fingerprint density at radius 3 is 2.79 bits per heavy atom. The Bertz CT molecular complexity index is 626. The van der Waals surface area contributed by atoms with Crippen molar-refractivity contribution in [3.63, 3.8) is 0 Å². The number of nitrogens with zero attached hydrogens (tertiary/aromatic N) is 1. The first-order valence-electron chi connectivity index (χ1n) is 6.52. The van der Waals surface area contributed by atoms with Crippen molar-refractivity contribution < 1.29 is 0 Å². The van der Waals surface area contributed by atoms with E-state index in [0.717, 1.165) is 41.7 Å². The van der Waals surface area contributed by atoms with Crippen LogP contribution in [0.1, 0.15) is 18.9 Å². The Morgan fingerprint density at radius 1 is 1.26 bits per heavy atom. The van der Waals surface area contributed by atoms with Crippen LogP contribution in [0.5, 0.6) is 0 Å². The molecule has 1 aromatic carbocycles. The van der Waals surface area contributed by atoms with E-state index in [-0.39, 0.29) is 5.69 Å². The predicted molar refractivity (Wildman–Crippen MR) is 79.3 cm³/mol. The molecule has 1 aliphatic rings. The molecule has 1 saturated heterocycles. The number of aromatic amines is 1. The van der Waals surface area contributed by atoms with E-state index in [9.17, 15) is 4.79 Å². The Morgan fingerprint density at radius 2 is 2.05 bits per heavy atom. The third-order valence-corrected chi connectivity index (χ3v) is 4.08. The summed E-state index contributed by atoms with van der Waals surface area (Å²) in [5, 5.41) is 3.32. The third kappa shape index (κ3) is 2.67. The molecule has 1 fully saturated rings. The van der Waals surface area contributed by atoms with Crippen LogP contribution in [-0.4, -0.2) is 22.6 Å². The zero-order valence-electron chi connectivity index (χ0n) is 10.5.